The average Bonchev–Trinajstić information content (AvgIpc) is 2.99. The molecule has 1 aromatic heterocycles. The maximum Gasteiger partial charge on any atom is 0.255 e. The molecule has 42 heavy (non-hydrogen) atoms. The number of benzene rings is 3. The van der Waals surface area contributed by atoms with Crippen molar-refractivity contribution in [2.45, 2.75) is 12.8 Å². The second-order valence-electron chi connectivity index (χ2n) is 9.32. The first-order chi connectivity index (χ1) is 20.4. The number of hydrogen-bond donors (Lipinski definition) is 4. The molecule has 3 amide bonds. The van der Waals surface area contributed by atoms with E-state index >= 15 is 0 Å². The summed E-state index contributed by atoms with van der Waals surface area (Å²) in [5.74, 6) is 0.0296. The van der Waals surface area contributed by atoms with Crippen LogP contribution in [0.5, 0.6) is 5.75 Å². The van der Waals surface area contributed by atoms with Gasteiger partial charge in [-0.3, -0.25) is 14.4 Å². The third-order valence-electron chi connectivity index (χ3n) is 6.15. The number of allylic oxidation sites excluding steroid dienone is 1. The van der Waals surface area contributed by atoms with E-state index in [1.165, 1.54) is 12.2 Å². The minimum atomic E-state index is -0.374. The summed E-state index contributed by atoms with van der Waals surface area (Å²) in [7, 11) is 0. The molecule has 1 aliphatic rings. The highest BCUT2D eigenvalue weighted by molar-refractivity contribution is 6.06. The van der Waals surface area contributed by atoms with Gasteiger partial charge in [0, 0.05) is 40.1 Å². The van der Waals surface area contributed by atoms with Crippen LogP contribution in [0.2, 0.25) is 0 Å². The number of aromatic nitrogens is 2. The van der Waals surface area contributed by atoms with E-state index in [1.54, 1.807) is 54.7 Å². The van der Waals surface area contributed by atoms with E-state index in [4.69, 9.17) is 4.74 Å². The van der Waals surface area contributed by atoms with Gasteiger partial charge in [0.25, 0.3) is 5.91 Å². The summed E-state index contributed by atoms with van der Waals surface area (Å²) in [5.41, 5.74) is 3.93. The van der Waals surface area contributed by atoms with Gasteiger partial charge >= 0.3 is 0 Å². The lowest BCUT2D eigenvalue weighted by Crippen LogP contribution is -2.14. The lowest BCUT2D eigenvalue weighted by molar-refractivity contribution is -0.112. The van der Waals surface area contributed by atoms with E-state index in [-0.39, 0.29) is 17.7 Å². The van der Waals surface area contributed by atoms with Crippen molar-refractivity contribution in [2.24, 2.45) is 0 Å². The maximum absolute atomic E-state index is 13.0. The number of nitrogens with one attached hydrogen (secondary N) is 4. The minimum Gasteiger partial charge on any atom is -0.494 e. The normalized spacial score (nSPS) is 13.6. The molecule has 0 unspecified atom stereocenters. The predicted octanol–water partition coefficient (Wildman–Crippen LogP) is 5.93. The number of fused-ring (bicyclic) bond motifs is 7. The zero-order valence-electron chi connectivity index (χ0n) is 22.6. The van der Waals surface area contributed by atoms with Crippen molar-refractivity contribution in [3.8, 4) is 17.0 Å². The van der Waals surface area contributed by atoms with Crippen LogP contribution in [0, 0.1) is 0 Å². The van der Waals surface area contributed by atoms with Crippen LogP contribution in [-0.4, -0.2) is 34.3 Å². The molecule has 0 saturated heterocycles. The van der Waals surface area contributed by atoms with Gasteiger partial charge in [0.15, 0.2) is 0 Å². The summed E-state index contributed by atoms with van der Waals surface area (Å²) in [6, 6.07) is 21.0. The van der Waals surface area contributed by atoms with Gasteiger partial charge in [0.05, 0.1) is 12.3 Å². The van der Waals surface area contributed by atoms with E-state index in [9.17, 15) is 14.4 Å². The summed E-state index contributed by atoms with van der Waals surface area (Å²) in [6.45, 7) is 3.93. The van der Waals surface area contributed by atoms with E-state index in [0.29, 0.717) is 53.0 Å². The van der Waals surface area contributed by atoms with Gasteiger partial charge in [-0.25, -0.2) is 9.97 Å². The number of rotatable bonds is 4. The fraction of sp³-hybridized carbons (Fsp3) is 0.0938. The fourth-order valence-corrected chi connectivity index (χ4v) is 4.17. The molecule has 0 atom stereocenters. The molecule has 3 aromatic carbocycles. The molecule has 6 bridgehead atoms. The quantitative estimate of drug-likeness (QED) is 0.227. The zero-order chi connectivity index (χ0) is 29.3. The van der Waals surface area contributed by atoms with Crippen molar-refractivity contribution >= 4 is 46.4 Å². The van der Waals surface area contributed by atoms with Gasteiger partial charge in [-0.1, -0.05) is 24.8 Å². The Morgan fingerprint density at radius 1 is 0.929 bits per heavy atom. The number of amides is 3. The van der Waals surface area contributed by atoms with Crippen LogP contribution in [0.1, 0.15) is 23.2 Å². The molecule has 10 nitrogen and oxygen atoms in total. The monoisotopic (exact) mass is 560 g/mol. The highest BCUT2D eigenvalue weighted by Gasteiger charge is 2.12. The molecule has 2 heterocycles. The Morgan fingerprint density at radius 2 is 1.74 bits per heavy atom. The van der Waals surface area contributed by atoms with E-state index < -0.39 is 0 Å². The van der Waals surface area contributed by atoms with E-state index in [1.807, 2.05) is 30.3 Å². The standard InChI is InChI=1S/C32H28N6O4/c1-2-29(39)34-23-12-10-21(11-13-23)31(41)36-25-18-24-19-26(20-25)37-32-33-15-14-28(38-32)22-7-6-8-27(17-22)42-16-5-3-4-9-30(40)35-24/h2,4,6-15,17-20H,1,3,5,16H2,(H,34,39)(H,35,40)(H,36,41)(H,33,37,38)/b9-4+. The summed E-state index contributed by atoms with van der Waals surface area (Å²) in [5, 5.41) is 11.5. The molecular formula is C32H28N6O4. The zero-order valence-corrected chi connectivity index (χ0v) is 22.6. The lowest BCUT2D eigenvalue weighted by Gasteiger charge is -2.13. The van der Waals surface area contributed by atoms with Gasteiger partial charge in [-0.15, -0.1) is 0 Å². The van der Waals surface area contributed by atoms with Crippen LogP contribution in [0.3, 0.4) is 0 Å². The SMILES string of the molecule is C=CC(=O)Nc1ccc(C(=O)Nc2cc3cc(c2)Nc2nccc(n2)-c2cccc(c2)OCCC/C=C/C(=O)N3)cc1. The van der Waals surface area contributed by atoms with E-state index in [2.05, 4.69) is 37.8 Å². The lowest BCUT2D eigenvalue weighted by atomic mass is 10.1. The molecule has 0 saturated carbocycles. The molecule has 1 aliphatic heterocycles. The number of hydrogen-bond acceptors (Lipinski definition) is 7. The first-order valence-corrected chi connectivity index (χ1v) is 13.3. The average molecular weight is 561 g/mol. The second-order valence-corrected chi connectivity index (χ2v) is 9.32. The van der Waals surface area contributed by atoms with Gasteiger partial charge in [0.1, 0.15) is 5.75 Å². The van der Waals surface area contributed by atoms with Crippen molar-refractivity contribution in [1.29, 1.82) is 0 Å². The van der Waals surface area contributed by atoms with Gasteiger partial charge in [-0.05, 0) is 85.7 Å². The highest BCUT2D eigenvalue weighted by Crippen LogP contribution is 2.27. The first kappa shape index (κ1) is 27.8. The number of carbonyl (C=O) groups excluding carboxylic acids is 3. The third-order valence-corrected chi connectivity index (χ3v) is 6.15. The van der Waals surface area contributed by atoms with Gasteiger partial charge in [-0.2, -0.15) is 0 Å². The molecule has 4 N–H and O–H groups in total. The number of ether oxygens (including phenoxy) is 1. The number of carbonyl (C=O) groups is 3. The summed E-state index contributed by atoms with van der Waals surface area (Å²) in [6.07, 6.45) is 7.49. The Kier molecular flexibility index (Phi) is 8.64. The van der Waals surface area contributed by atoms with Crippen LogP contribution >= 0.6 is 0 Å². The third kappa shape index (κ3) is 7.45. The second kappa shape index (κ2) is 13.1. The highest BCUT2D eigenvalue weighted by atomic mass is 16.5. The van der Waals surface area contributed by atoms with Crippen LogP contribution in [0.15, 0.2) is 104 Å². The van der Waals surface area contributed by atoms with Crippen molar-refractivity contribution in [2.75, 3.05) is 27.9 Å². The molecule has 10 heteroatoms. The first-order valence-electron chi connectivity index (χ1n) is 13.3. The Balaban J connectivity index is 1.43. The molecule has 0 fully saturated rings. The molecule has 5 rings (SSSR count). The van der Waals surface area contributed by atoms with E-state index in [0.717, 1.165) is 17.7 Å². The Bertz CT molecular complexity index is 1670. The predicted molar refractivity (Wildman–Crippen MR) is 163 cm³/mol. The largest absolute Gasteiger partial charge is 0.494 e. The summed E-state index contributed by atoms with van der Waals surface area (Å²) < 4.78 is 5.88. The number of anilines is 5. The fourth-order valence-electron chi connectivity index (χ4n) is 4.17. The van der Waals surface area contributed by atoms with Crippen molar-refractivity contribution in [3.63, 3.8) is 0 Å². The summed E-state index contributed by atoms with van der Waals surface area (Å²) in [4.78, 5) is 46.2. The molecule has 0 radical (unpaired) electrons. The Labute approximate surface area is 242 Å². The molecule has 210 valence electrons. The number of nitrogens with zero attached hydrogens (tertiary/aromatic N) is 2. The van der Waals surface area contributed by atoms with Crippen molar-refractivity contribution in [3.05, 3.63) is 109 Å². The van der Waals surface area contributed by atoms with Gasteiger partial charge in [0.2, 0.25) is 17.8 Å². The Morgan fingerprint density at radius 3 is 2.55 bits per heavy atom. The van der Waals surface area contributed by atoms with Crippen molar-refractivity contribution < 1.29 is 19.1 Å². The molecule has 4 aromatic rings. The van der Waals surface area contributed by atoms with Crippen LogP contribution < -0.4 is 26.0 Å². The minimum absolute atomic E-state index is 0.311. The van der Waals surface area contributed by atoms with Crippen LogP contribution in [0.4, 0.5) is 28.7 Å². The topological polar surface area (TPSA) is 134 Å². The Hall–Kier alpha value is -5.77. The maximum atomic E-state index is 13.0. The smallest absolute Gasteiger partial charge is 0.255 e. The van der Waals surface area contributed by atoms with Crippen LogP contribution in [0.25, 0.3) is 11.3 Å². The molecule has 0 aliphatic carbocycles. The molecular weight excluding hydrogens is 532 g/mol. The van der Waals surface area contributed by atoms with Crippen LogP contribution in [-0.2, 0) is 9.59 Å². The summed E-state index contributed by atoms with van der Waals surface area (Å²) >= 11 is 0. The van der Waals surface area contributed by atoms with Crippen molar-refractivity contribution in [1.82, 2.24) is 9.97 Å². The molecule has 0 spiro atoms. The van der Waals surface area contributed by atoms with Gasteiger partial charge < -0.3 is 26.0 Å².